The Bertz CT molecular complexity index is 1000. The number of hydrogen-bond donors (Lipinski definition) is 1. The molecule has 1 aromatic heterocycles. The van der Waals surface area contributed by atoms with Crippen molar-refractivity contribution in [3.63, 3.8) is 0 Å². The summed E-state index contributed by atoms with van der Waals surface area (Å²) in [5.74, 6) is 0.803. The van der Waals surface area contributed by atoms with Gasteiger partial charge in [0.2, 0.25) is 11.8 Å². The molecule has 0 saturated carbocycles. The zero-order valence-corrected chi connectivity index (χ0v) is 17.5. The van der Waals surface area contributed by atoms with E-state index in [1.54, 1.807) is 22.9 Å². The number of para-hydroxylation sites is 1. The molecule has 3 aromatic rings. The first-order valence-electron chi connectivity index (χ1n) is 10.1. The van der Waals surface area contributed by atoms with Crippen LogP contribution < -0.4 is 10.2 Å². The third-order valence-electron chi connectivity index (χ3n) is 5.04. The summed E-state index contributed by atoms with van der Waals surface area (Å²) in [6, 6.07) is 17.9. The quantitative estimate of drug-likeness (QED) is 0.636. The number of rotatable bonds is 7. The minimum Gasteiger partial charge on any atom is -0.356 e. The predicted molar refractivity (Wildman–Crippen MR) is 119 cm³/mol. The van der Waals surface area contributed by atoms with E-state index in [0.717, 1.165) is 34.0 Å². The van der Waals surface area contributed by atoms with Crippen molar-refractivity contribution < 1.29 is 9.59 Å². The van der Waals surface area contributed by atoms with Gasteiger partial charge in [-0.3, -0.25) is 9.59 Å². The third-order valence-corrected chi connectivity index (χ3v) is 6.08. The van der Waals surface area contributed by atoms with Gasteiger partial charge in [-0.2, -0.15) is 5.10 Å². The summed E-state index contributed by atoms with van der Waals surface area (Å²) < 4.78 is 1.81. The number of benzene rings is 2. The molecule has 0 bridgehead atoms. The van der Waals surface area contributed by atoms with Gasteiger partial charge in [0.15, 0.2) is 0 Å². The zero-order chi connectivity index (χ0) is 20.8. The molecule has 154 valence electrons. The molecule has 7 heteroatoms. The van der Waals surface area contributed by atoms with E-state index in [-0.39, 0.29) is 24.7 Å². The molecule has 2 amide bonds. The Morgan fingerprint density at radius 3 is 2.67 bits per heavy atom. The number of fused-ring (bicyclic) bond motifs is 1. The lowest BCUT2D eigenvalue weighted by Crippen LogP contribution is -2.36. The summed E-state index contributed by atoms with van der Waals surface area (Å²) in [5.41, 5.74) is 3.10. The maximum Gasteiger partial charge on any atom is 0.227 e. The SMILES string of the molecule is O=C(CCC(=O)N1CCSc2ccccc21)NCCc1ccc(-n2cccn2)cc1. The summed E-state index contributed by atoms with van der Waals surface area (Å²) in [6.45, 7) is 1.24. The molecule has 30 heavy (non-hydrogen) atoms. The first-order chi connectivity index (χ1) is 14.7. The molecule has 2 aromatic carbocycles. The van der Waals surface area contributed by atoms with E-state index in [2.05, 4.69) is 10.4 Å². The van der Waals surface area contributed by atoms with Crippen LogP contribution in [0.4, 0.5) is 5.69 Å². The predicted octanol–water partition coefficient (Wildman–Crippen LogP) is 3.45. The van der Waals surface area contributed by atoms with Gasteiger partial charge in [-0.1, -0.05) is 24.3 Å². The lowest BCUT2D eigenvalue weighted by Gasteiger charge is -2.29. The summed E-state index contributed by atoms with van der Waals surface area (Å²) in [6.07, 6.45) is 4.83. The van der Waals surface area contributed by atoms with Gasteiger partial charge in [0.25, 0.3) is 0 Å². The van der Waals surface area contributed by atoms with Crippen LogP contribution in [0.25, 0.3) is 5.69 Å². The highest BCUT2D eigenvalue weighted by Crippen LogP contribution is 2.34. The summed E-state index contributed by atoms with van der Waals surface area (Å²) in [4.78, 5) is 27.7. The second-order valence-electron chi connectivity index (χ2n) is 7.08. The van der Waals surface area contributed by atoms with Crippen LogP contribution in [0.5, 0.6) is 0 Å². The van der Waals surface area contributed by atoms with Gasteiger partial charge < -0.3 is 10.2 Å². The van der Waals surface area contributed by atoms with Crippen molar-refractivity contribution in [3.8, 4) is 5.69 Å². The number of nitrogens with zero attached hydrogens (tertiary/aromatic N) is 3. The van der Waals surface area contributed by atoms with E-state index in [0.29, 0.717) is 13.1 Å². The maximum atomic E-state index is 12.6. The van der Waals surface area contributed by atoms with Crippen molar-refractivity contribution in [1.29, 1.82) is 0 Å². The van der Waals surface area contributed by atoms with E-state index >= 15 is 0 Å². The molecule has 1 aliphatic rings. The van der Waals surface area contributed by atoms with Crippen LogP contribution in [0, 0.1) is 0 Å². The van der Waals surface area contributed by atoms with Crippen molar-refractivity contribution in [2.24, 2.45) is 0 Å². The molecule has 0 unspecified atom stereocenters. The smallest absolute Gasteiger partial charge is 0.227 e. The largest absolute Gasteiger partial charge is 0.356 e. The molecule has 0 aliphatic carbocycles. The van der Waals surface area contributed by atoms with Crippen molar-refractivity contribution in [2.45, 2.75) is 24.2 Å². The molecule has 0 atom stereocenters. The highest BCUT2D eigenvalue weighted by molar-refractivity contribution is 7.99. The fourth-order valence-electron chi connectivity index (χ4n) is 3.46. The van der Waals surface area contributed by atoms with Gasteiger partial charge in [-0.25, -0.2) is 4.68 Å². The van der Waals surface area contributed by atoms with Gasteiger partial charge in [0.05, 0.1) is 11.4 Å². The third kappa shape index (κ3) is 4.91. The van der Waals surface area contributed by atoms with Gasteiger partial charge in [-0.05, 0) is 42.3 Å². The van der Waals surface area contributed by atoms with Crippen LogP contribution >= 0.6 is 11.8 Å². The lowest BCUT2D eigenvalue weighted by molar-refractivity contribution is -0.125. The van der Waals surface area contributed by atoms with Crippen molar-refractivity contribution in [1.82, 2.24) is 15.1 Å². The number of nitrogens with one attached hydrogen (secondary N) is 1. The fraction of sp³-hybridized carbons (Fsp3) is 0.261. The van der Waals surface area contributed by atoms with Crippen LogP contribution in [-0.4, -0.2) is 40.4 Å². The van der Waals surface area contributed by atoms with Gasteiger partial charge in [-0.15, -0.1) is 11.8 Å². The first kappa shape index (κ1) is 20.2. The number of carbonyl (C=O) groups excluding carboxylic acids is 2. The van der Waals surface area contributed by atoms with E-state index in [1.807, 2.05) is 65.5 Å². The summed E-state index contributed by atoms with van der Waals surface area (Å²) in [7, 11) is 0. The maximum absolute atomic E-state index is 12.6. The highest BCUT2D eigenvalue weighted by atomic mass is 32.2. The number of thioether (sulfide) groups is 1. The second-order valence-corrected chi connectivity index (χ2v) is 8.22. The number of amides is 2. The number of hydrogen-bond acceptors (Lipinski definition) is 4. The minimum atomic E-state index is -0.0869. The minimum absolute atomic E-state index is 0.00658. The Morgan fingerprint density at radius 1 is 1.03 bits per heavy atom. The van der Waals surface area contributed by atoms with E-state index in [1.165, 1.54) is 0 Å². The lowest BCUT2D eigenvalue weighted by atomic mass is 10.1. The molecule has 4 rings (SSSR count). The van der Waals surface area contributed by atoms with E-state index in [9.17, 15) is 9.59 Å². The summed E-state index contributed by atoms with van der Waals surface area (Å²) >= 11 is 1.77. The monoisotopic (exact) mass is 420 g/mol. The molecular formula is C23H24N4O2S. The van der Waals surface area contributed by atoms with Crippen molar-refractivity contribution in [2.75, 3.05) is 23.7 Å². The number of anilines is 1. The van der Waals surface area contributed by atoms with E-state index < -0.39 is 0 Å². The fourth-order valence-corrected chi connectivity index (χ4v) is 4.45. The number of aromatic nitrogens is 2. The Balaban J connectivity index is 1.21. The van der Waals surface area contributed by atoms with Gasteiger partial charge in [0, 0.05) is 49.0 Å². The molecule has 0 saturated heterocycles. The Kier molecular flexibility index (Phi) is 6.49. The molecule has 1 N–H and O–H groups in total. The molecule has 0 spiro atoms. The molecular weight excluding hydrogens is 396 g/mol. The standard InChI is InChI=1S/C23H24N4O2S/c28-22(10-11-23(29)26-16-17-30-21-5-2-1-4-20(21)26)24-14-12-18-6-8-19(9-7-18)27-15-3-13-25-27/h1-9,13,15H,10-12,14,16-17H2,(H,24,28). The van der Waals surface area contributed by atoms with E-state index in [4.69, 9.17) is 0 Å². The normalized spacial score (nSPS) is 13.0. The average molecular weight is 421 g/mol. The number of carbonyl (C=O) groups is 2. The van der Waals surface area contributed by atoms with Gasteiger partial charge >= 0.3 is 0 Å². The Labute approximate surface area is 180 Å². The van der Waals surface area contributed by atoms with Crippen LogP contribution in [0.2, 0.25) is 0 Å². The first-order valence-corrected chi connectivity index (χ1v) is 11.1. The Morgan fingerprint density at radius 2 is 1.87 bits per heavy atom. The second kappa shape index (κ2) is 9.63. The topological polar surface area (TPSA) is 67.2 Å². The van der Waals surface area contributed by atoms with Crippen LogP contribution in [0.15, 0.2) is 71.9 Å². The van der Waals surface area contributed by atoms with Crippen LogP contribution in [-0.2, 0) is 16.0 Å². The van der Waals surface area contributed by atoms with Crippen molar-refractivity contribution >= 4 is 29.3 Å². The molecule has 6 nitrogen and oxygen atoms in total. The summed E-state index contributed by atoms with van der Waals surface area (Å²) in [5, 5.41) is 7.13. The Hall–Kier alpha value is -3.06. The zero-order valence-electron chi connectivity index (χ0n) is 16.7. The molecule has 0 fully saturated rings. The molecule has 1 aliphatic heterocycles. The van der Waals surface area contributed by atoms with Gasteiger partial charge in [0.1, 0.15) is 0 Å². The van der Waals surface area contributed by atoms with Crippen molar-refractivity contribution in [3.05, 3.63) is 72.6 Å². The average Bonchev–Trinajstić information content (AvgIpc) is 3.32. The highest BCUT2D eigenvalue weighted by Gasteiger charge is 2.22. The molecule has 2 heterocycles. The molecule has 0 radical (unpaired) electrons. The van der Waals surface area contributed by atoms with Crippen LogP contribution in [0.3, 0.4) is 0 Å². The van der Waals surface area contributed by atoms with Crippen LogP contribution in [0.1, 0.15) is 18.4 Å².